The van der Waals surface area contributed by atoms with Gasteiger partial charge in [0.05, 0.1) is 10.9 Å². The average Bonchev–Trinajstić information content (AvgIpc) is 2.83. The number of piperazine rings is 1. The molecule has 4 rings (SSSR count). The fraction of sp³-hybridized carbons (Fsp3) is 0.500. The lowest BCUT2D eigenvalue weighted by molar-refractivity contribution is 0.0640. The van der Waals surface area contributed by atoms with Crippen molar-refractivity contribution in [3.63, 3.8) is 0 Å². The molecule has 0 aliphatic carbocycles. The third kappa shape index (κ3) is 4.43. The zero-order chi connectivity index (χ0) is 23.5. The van der Waals surface area contributed by atoms with Crippen molar-refractivity contribution in [3.8, 4) is 0 Å². The summed E-state index contributed by atoms with van der Waals surface area (Å²) >= 11 is 0. The summed E-state index contributed by atoms with van der Waals surface area (Å²) in [4.78, 5) is 35.7. The molecule has 1 amide bonds. The van der Waals surface area contributed by atoms with E-state index in [2.05, 4.69) is 11.8 Å². The van der Waals surface area contributed by atoms with Gasteiger partial charge in [0.15, 0.2) is 0 Å². The van der Waals surface area contributed by atoms with Crippen LogP contribution >= 0.6 is 0 Å². The third-order valence-corrected chi connectivity index (χ3v) is 6.35. The van der Waals surface area contributed by atoms with Gasteiger partial charge in [-0.15, -0.1) is 0 Å². The van der Waals surface area contributed by atoms with E-state index in [9.17, 15) is 9.59 Å². The largest absolute Gasteiger partial charge is 0.382 e. The molecule has 0 radical (unpaired) electrons. The standard InChI is InChI=1S/C24H32N6O3/c1-4-27-11-13-28(14-12-27)23(31)18-16-19-22(29(20(18)25)10-7-15-33-5-2)26-21-17(3)8-6-9-30(21)24(19)32/h6,8-9,16,25H,4-5,7,10-15H2,1-3H3. The lowest BCUT2D eigenvalue weighted by Gasteiger charge is -2.34. The van der Waals surface area contributed by atoms with E-state index in [4.69, 9.17) is 15.1 Å². The highest BCUT2D eigenvalue weighted by Gasteiger charge is 2.25. The van der Waals surface area contributed by atoms with E-state index in [0.29, 0.717) is 55.9 Å². The Morgan fingerprint density at radius 3 is 2.64 bits per heavy atom. The fourth-order valence-corrected chi connectivity index (χ4v) is 4.38. The quantitative estimate of drug-likeness (QED) is 0.434. The summed E-state index contributed by atoms with van der Waals surface area (Å²) in [5.41, 5.74) is 1.97. The van der Waals surface area contributed by atoms with E-state index in [-0.39, 0.29) is 22.5 Å². The lowest BCUT2D eigenvalue weighted by Crippen LogP contribution is -2.49. The number of hydrogen-bond acceptors (Lipinski definition) is 6. The molecule has 176 valence electrons. The number of nitrogens with one attached hydrogen (secondary N) is 1. The summed E-state index contributed by atoms with van der Waals surface area (Å²) in [6.07, 6.45) is 2.34. The molecule has 0 spiro atoms. The van der Waals surface area contributed by atoms with Gasteiger partial charge in [-0.2, -0.15) is 0 Å². The van der Waals surface area contributed by atoms with Gasteiger partial charge in [0.1, 0.15) is 16.8 Å². The van der Waals surface area contributed by atoms with Crippen molar-refractivity contribution in [3.05, 3.63) is 51.4 Å². The number of amides is 1. The van der Waals surface area contributed by atoms with E-state index in [1.165, 1.54) is 4.40 Å². The van der Waals surface area contributed by atoms with Crippen LogP contribution in [0.15, 0.2) is 29.2 Å². The number of ether oxygens (including phenoxy) is 1. The van der Waals surface area contributed by atoms with Gasteiger partial charge in [0.2, 0.25) is 0 Å². The van der Waals surface area contributed by atoms with Gasteiger partial charge in [0.25, 0.3) is 11.5 Å². The van der Waals surface area contributed by atoms with Crippen LogP contribution in [0.4, 0.5) is 0 Å². The summed E-state index contributed by atoms with van der Waals surface area (Å²) in [5, 5.41) is 9.23. The lowest BCUT2D eigenvalue weighted by atomic mass is 10.1. The SMILES string of the molecule is CCOCCCn1c(=N)c(C(=O)N2CCN(CC)CC2)cc2c(=O)n3cccc(C)c3nc21. The third-order valence-electron chi connectivity index (χ3n) is 6.35. The molecule has 0 bridgehead atoms. The summed E-state index contributed by atoms with van der Waals surface area (Å²) in [7, 11) is 0. The van der Waals surface area contributed by atoms with Gasteiger partial charge < -0.3 is 19.1 Å². The molecule has 9 heteroatoms. The predicted octanol–water partition coefficient (Wildman–Crippen LogP) is 1.64. The van der Waals surface area contributed by atoms with Crippen molar-refractivity contribution in [2.75, 3.05) is 45.9 Å². The van der Waals surface area contributed by atoms with E-state index >= 15 is 0 Å². The monoisotopic (exact) mass is 452 g/mol. The average molecular weight is 453 g/mol. The highest BCUT2D eigenvalue weighted by Crippen LogP contribution is 2.15. The first kappa shape index (κ1) is 23.1. The number of hydrogen-bond donors (Lipinski definition) is 1. The summed E-state index contributed by atoms with van der Waals surface area (Å²) in [6, 6.07) is 5.28. The Kier molecular flexibility index (Phi) is 6.90. The predicted molar refractivity (Wildman–Crippen MR) is 127 cm³/mol. The van der Waals surface area contributed by atoms with Crippen molar-refractivity contribution < 1.29 is 9.53 Å². The van der Waals surface area contributed by atoms with Crippen molar-refractivity contribution >= 4 is 22.6 Å². The molecule has 0 saturated carbocycles. The van der Waals surface area contributed by atoms with E-state index in [1.54, 1.807) is 21.7 Å². The highest BCUT2D eigenvalue weighted by molar-refractivity contribution is 5.97. The molecule has 0 aromatic carbocycles. The van der Waals surface area contributed by atoms with Crippen molar-refractivity contribution in [2.24, 2.45) is 0 Å². The minimum atomic E-state index is -0.234. The van der Waals surface area contributed by atoms with Crippen LogP contribution in [-0.4, -0.2) is 75.6 Å². The van der Waals surface area contributed by atoms with E-state index in [1.807, 2.05) is 26.0 Å². The molecule has 1 N–H and O–H groups in total. The molecule has 3 aromatic heterocycles. The Hall–Kier alpha value is -3.04. The maximum absolute atomic E-state index is 13.4. The number of fused-ring (bicyclic) bond motifs is 2. The number of carbonyl (C=O) groups excluding carboxylic acids is 1. The van der Waals surface area contributed by atoms with E-state index < -0.39 is 0 Å². The molecule has 33 heavy (non-hydrogen) atoms. The summed E-state index contributed by atoms with van der Waals surface area (Å²) < 4.78 is 8.68. The number of rotatable bonds is 7. The maximum Gasteiger partial charge on any atom is 0.267 e. The van der Waals surface area contributed by atoms with Gasteiger partial charge in [-0.1, -0.05) is 13.0 Å². The number of nitrogens with zero attached hydrogens (tertiary/aromatic N) is 5. The van der Waals surface area contributed by atoms with Crippen LogP contribution in [0.3, 0.4) is 0 Å². The van der Waals surface area contributed by atoms with Crippen LogP contribution in [0.25, 0.3) is 16.7 Å². The fourth-order valence-electron chi connectivity index (χ4n) is 4.38. The molecule has 1 aliphatic rings. The smallest absolute Gasteiger partial charge is 0.267 e. The second kappa shape index (κ2) is 9.84. The Morgan fingerprint density at radius 1 is 1.18 bits per heavy atom. The molecule has 1 aliphatic heterocycles. The van der Waals surface area contributed by atoms with Crippen molar-refractivity contribution in [1.82, 2.24) is 23.8 Å². The summed E-state index contributed by atoms with van der Waals surface area (Å²) in [6.45, 7) is 11.3. The number of aryl methyl sites for hydroxylation is 2. The first-order valence-corrected chi connectivity index (χ1v) is 11.7. The Bertz CT molecular complexity index is 1290. The molecule has 0 unspecified atom stereocenters. The summed E-state index contributed by atoms with van der Waals surface area (Å²) in [5.74, 6) is -0.204. The van der Waals surface area contributed by atoms with Gasteiger partial charge in [0, 0.05) is 52.1 Å². The zero-order valence-electron chi connectivity index (χ0n) is 19.6. The highest BCUT2D eigenvalue weighted by atomic mass is 16.5. The molecule has 3 aromatic rings. The first-order valence-electron chi connectivity index (χ1n) is 11.7. The minimum absolute atomic E-state index is 0.0896. The van der Waals surface area contributed by atoms with Crippen LogP contribution in [0.5, 0.6) is 0 Å². The molecular formula is C24H32N6O3. The maximum atomic E-state index is 13.4. The molecule has 1 fully saturated rings. The van der Waals surface area contributed by atoms with Crippen LogP contribution < -0.4 is 11.0 Å². The van der Waals surface area contributed by atoms with Crippen LogP contribution in [-0.2, 0) is 11.3 Å². The Labute approximate surface area is 192 Å². The number of likely N-dealkylation sites (N-methyl/N-ethyl adjacent to an activating group) is 1. The molecular weight excluding hydrogens is 420 g/mol. The topological polar surface area (TPSA) is 95.9 Å². The zero-order valence-corrected chi connectivity index (χ0v) is 19.6. The van der Waals surface area contributed by atoms with Crippen LogP contribution in [0, 0.1) is 12.3 Å². The number of carbonyl (C=O) groups is 1. The van der Waals surface area contributed by atoms with Crippen molar-refractivity contribution in [1.29, 1.82) is 5.41 Å². The molecule has 9 nitrogen and oxygen atoms in total. The van der Waals surface area contributed by atoms with Crippen molar-refractivity contribution in [2.45, 2.75) is 33.7 Å². The molecule has 4 heterocycles. The number of aromatic nitrogens is 3. The molecule has 1 saturated heterocycles. The van der Waals surface area contributed by atoms with E-state index in [0.717, 1.165) is 25.2 Å². The van der Waals surface area contributed by atoms with Gasteiger partial charge in [-0.05, 0) is 44.5 Å². The Morgan fingerprint density at radius 2 is 1.94 bits per heavy atom. The first-order chi connectivity index (χ1) is 16.0. The second-order valence-corrected chi connectivity index (χ2v) is 8.37. The second-order valence-electron chi connectivity index (χ2n) is 8.37. The van der Waals surface area contributed by atoms with Crippen LogP contribution in [0.1, 0.15) is 36.2 Å². The van der Waals surface area contributed by atoms with Gasteiger partial charge >= 0.3 is 0 Å². The minimum Gasteiger partial charge on any atom is -0.382 e. The Balaban J connectivity index is 1.85. The van der Waals surface area contributed by atoms with Gasteiger partial charge in [-0.3, -0.25) is 19.4 Å². The number of pyridine rings is 2. The van der Waals surface area contributed by atoms with Crippen LogP contribution in [0.2, 0.25) is 0 Å². The normalized spacial score (nSPS) is 14.9. The molecule has 0 atom stereocenters. The van der Waals surface area contributed by atoms with Gasteiger partial charge in [-0.25, -0.2) is 4.98 Å².